The van der Waals surface area contributed by atoms with Crippen LogP contribution < -0.4 is 11.5 Å². The van der Waals surface area contributed by atoms with E-state index in [2.05, 4.69) is 6.92 Å². The summed E-state index contributed by atoms with van der Waals surface area (Å²) in [6.07, 6.45) is 3.82. The lowest BCUT2D eigenvalue weighted by molar-refractivity contribution is 0.0465. The Morgan fingerprint density at radius 1 is 0.929 bits per heavy atom. The molecular weight excluding hydrogens is 180 g/mol. The van der Waals surface area contributed by atoms with Gasteiger partial charge in [-0.2, -0.15) is 0 Å². The minimum Gasteiger partial charge on any atom is -0.379 e. The van der Waals surface area contributed by atoms with Gasteiger partial charge < -0.3 is 20.9 Å². The van der Waals surface area contributed by atoms with Gasteiger partial charge in [0.05, 0.1) is 19.4 Å². The highest BCUT2D eigenvalue weighted by molar-refractivity contribution is 4.50. The third kappa shape index (κ3) is 11.8. The average Bonchev–Trinajstić information content (AvgIpc) is 2.15. The van der Waals surface area contributed by atoms with Crippen LogP contribution in [-0.2, 0) is 9.47 Å². The van der Waals surface area contributed by atoms with Crippen LogP contribution in [0.3, 0.4) is 0 Å². The Kier molecular flexibility index (Phi) is 10.8. The van der Waals surface area contributed by atoms with Crippen molar-refractivity contribution in [1.29, 1.82) is 0 Å². The first-order valence-electron chi connectivity index (χ1n) is 5.44. The van der Waals surface area contributed by atoms with Gasteiger partial charge in [-0.1, -0.05) is 6.92 Å². The molecule has 86 valence electrons. The molecule has 0 radical (unpaired) electrons. The van der Waals surface area contributed by atoms with Crippen molar-refractivity contribution in [3.63, 3.8) is 0 Å². The van der Waals surface area contributed by atoms with E-state index in [1.165, 1.54) is 0 Å². The molecule has 0 aromatic rings. The molecule has 0 rings (SSSR count). The van der Waals surface area contributed by atoms with Crippen molar-refractivity contribution in [3.8, 4) is 0 Å². The van der Waals surface area contributed by atoms with Crippen LogP contribution >= 0.6 is 0 Å². The Morgan fingerprint density at radius 3 is 2.14 bits per heavy atom. The molecule has 0 amide bonds. The third-order valence-corrected chi connectivity index (χ3v) is 1.80. The van der Waals surface area contributed by atoms with E-state index in [1.807, 2.05) is 0 Å². The first-order chi connectivity index (χ1) is 6.77. The van der Waals surface area contributed by atoms with E-state index in [0.29, 0.717) is 13.2 Å². The van der Waals surface area contributed by atoms with Gasteiger partial charge in [0.2, 0.25) is 0 Å². The maximum Gasteiger partial charge on any atom is 0.0700 e. The first kappa shape index (κ1) is 13.8. The van der Waals surface area contributed by atoms with Gasteiger partial charge >= 0.3 is 0 Å². The van der Waals surface area contributed by atoms with Gasteiger partial charge in [0.1, 0.15) is 0 Å². The zero-order valence-corrected chi connectivity index (χ0v) is 9.21. The zero-order chi connectivity index (χ0) is 10.6. The van der Waals surface area contributed by atoms with Crippen LogP contribution in [0.15, 0.2) is 0 Å². The molecule has 0 heterocycles. The van der Waals surface area contributed by atoms with Crippen molar-refractivity contribution in [3.05, 3.63) is 0 Å². The highest BCUT2D eigenvalue weighted by atomic mass is 16.5. The van der Waals surface area contributed by atoms with Crippen molar-refractivity contribution < 1.29 is 9.47 Å². The van der Waals surface area contributed by atoms with E-state index in [1.54, 1.807) is 0 Å². The van der Waals surface area contributed by atoms with Crippen molar-refractivity contribution >= 4 is 0 Å². The van der Waals surface area contributed by atoms with Gasteiger partial charge in [-0.15, -0.1) is 0 Å². The molecule has 4 heteroatoms. The normalized spacial score (nSPS) is 11.1. The van der Waals surface area contributed by atoms with E-state index in [0.717, 1.165) is 38.9 Å². The fourth-order valence-corrected chi connectivity index (χ4v) is 1.05. The summed E-state index contributed by atoms with van der Waals surface area (Å²) in [4.78, 5) is 0. The maximum absolute atomic E-state index is 5.41. The van der Waals surface area contributed by atoms with Crippen molar-refractivity contribution in [2.24, 2.45) is 11.5 Å². The highest BCUT2D eigenvalue weighted by Crippen LogP contribution is 1.96. The fourth-order valence-electron chi connectivity index (χ4n) is 1.05. The lowest BCUT2D eigenvalue weighted by Crippen LogP contribution is -2.30. The topological polar surface area (TPSA) is 70.5 Å². The molecule has 0 aliphatic rings. The van der Waals surface area contributed by atoms with Crippen molar-refractivity contribution in [2.75, 3.05) is 26.4 Å². The summed E-state index contributed by atoms with van der Waals surface area (Å²) < 4.78 is 10.6. The van der Waals surface area contributed by atoms with E-state index < -0.39 is 0 Å². The molecule has 0 fully saturated rings. The van der Waals surface area contributed by atoms with Crippen LogP contribution in [0.25, 0.3) is 0 Å². The van der Waals surface area contributed by atoms with Crippen molar-refractivity contribution in [1.82, 2.24) is 0 Å². The maximum atomic E-state index is 5.41. The molecule has 4 N–H and O–H groups in total. The Labute approximate surface area is 86.9 Å². The first-order valence-corrected chi connectivity index (χ1v) is 5.44. The van der Waals surface area contributed by atoms with Crippen LogP contribution in [0, 0.1) is 0 Å². The molecular formula is C10H24N2O2. The molecule has 0 spiro atoms. The number of hydrogen-bond donors (Lipinski definition) is 2. The van der Waals surface area contributed by atoms with Crippen LogP contribution in [0.4, 0.5) is 0 Å². The summed E-state index contributed by atoms with van der Waals surface area (Å²) in [7, 11) is 0. The monoisotopic (exact) mass is 204 g/mol. The second-order valence-electron chi connectivity index (χ2n) is 3.38. The molecule has 0 saturated carbocycles. The Hall–Kier alpha value is -0.160. The summed E-state index contributed by atoms with van der Waals surface area (Å²) in [6, 6.07) is 0. The quantitative estimate of drug-likeness (QED) is 0.409. The Morgan fingerprint density at radius 2 is 1.57 bits per heavy atom. The van der Waals surface area contributed by atoms with Crippen molar-refractivity contribution in [2.45, 2.75) is 38.8 Å². The van der Waals surface area contributed by atoms with E-state index in [9.17, 15) is 0 Å². The molecule has 0 bridgehead atoms. The predicted octanol–water partition coefficient (Wildman–Crippen LogP) is 0.843. The van der Waals surface area contributed by atoms with Crippen LogP contribution in [0.1, 0.15) is 32.6 Å². The average molecular weight is 204 g/mol. The second-order valence-corrected chi connectivity index (χ2v) is 3.38. The predicted molar refractivity (Wildman–Crippen MR) is 57.9 cm³/mol. The van der Waals surface area contributed by atoms with Crippen LogP contribution in [-0.4, -0.2) is 32.6 Å². The van der Waals surface area contributed by atoms with Gasteiger partial charge in [-0.25, -0.2) is 0 Å². The summed E-state index contributed by atoms with van der Waals surface area (Å²) in [5.74, 6) is 0. The number of hydrogen-bond acceptors (Lipinski definition) is 4. The summed E-state index contributed by atoms with van der Waals surface area (Å²) in [6.45, 7) is 5.09. The lowest BCUT2D eigenvalue weighted by Gasteiger charge is -2.06. The Balaban J connectivity index is 2.85. The number of ether oxygens (including phenoxy) is 2. The fraction of sp³-hybridized carbons (Fsp3) is 1.00. The highest BCUT2D eigenvalue weighted by Gasteiger charge is 1.94. The number of unbranched alkanes of at least 4 members (excludes halogenated alkanes) is 1. The van der Waals surface area contributed by atoms with E-state index >= 15 is 0 Å². The van der Waals surface area contributed by atoms with Crippen LogP contribution in [0.5, 0.6) is 0 Å². The summed E-state index contributed by atoms with van der Waals surface area (Å²) in [5.41, 5.74) is 10.8. The summed E-state index contributed by atoms with van der Waals surface area (Å²) in [5, 5.41) is 0. The van der Waals surface area contributed by atoms with Gasteiger partial charge in [0, 0.05) is 13.2 Å². The number of rotatable bonds is 10. The van der Waals surface area contributed by atoms with Gasteiger partial charge in [0.25, 0.3) is 0 Å². The number of nitrogens with two attached hydrogens (primary N) is 2. The SMILES string of the molecule is CCCOCCOCCCCC(N)N. The largest absolute Gasteiger partial charge is 0.379 e. The molecule has 0 aliphatic carbocycles. The molecule has 0 aromatic carbocycles. The molecule has 14 heavy (non-hydrogen) atoms. The van der Waals surface area contributed by atoms with Gasteiger partial charge in [-0.05, 0) is 25.7 Å². The van der Waals surface area contributed by atoms with Crippen LogP contribution in [0.2, 0.25) is 0 Å². The minimum absolute atomic E-state index is 0.178. The molecule has 4 nitrogen and oxygen atoms in total. The molecule has 0 atom stereocenters. The summed E-state index contributed by atoms with van der Waals surface area (Å²) >= 11 is 0. The van der Waals surface area contributed by atoms with E-state index in [4.69, 9.17) is 20.9 Å². The third-order valence-electron chi connectivity index (χ3n) is 1.80. The molecule has 0 unspecified atom stereocenters. The minimum atomic E-state index is -0.178. The molecule has 0 aromatic heterocycles. The smallest absolute Gasteiger partial charge is 0.0700 e. The Bertz CT molecular complexity index is 110. The van der Waals surface area contributed by atoms with Gasteiger partial charge in [-0.3, -0.25) is 0 Å². The molecule has 0 aliphatic heterocycles. The second kappa shape index (κ2) is 10.9. The standard InChI is InChI=1S/C10H24N2O2/c1-2-6-13-8-9-14-7-4-3-5-10(11)12/h10H,2-9,11-12H2,1H3. The van der Waals surface area contributed by atoms with E-state index in [-0.39, 0.29) is 6.17 Å². The van der Waals surface area contributed by atoms with Gasteiger partial charge in [0.15, 0.2) is 0 Å². The lowest BCUT2D eigenvalue weighted by atomic mass is 10.2. The zero-order valence-electron chi connectivity index (χ0n) is 9.21. The molecule has 0 saturated heterocycles.